The van der Waals surface area contributed by atoms with Crippen molar-refractivity contribution < 1.29 is 24.2 Å². The molecule has 51 heavy (non-hydrogen) atoms. The molecular formula is C39H47N7O5. The van der Waals surface area contributed by atoms with Gasteiger partial charge < -0.3 is 35.8 Å². The second kappa shape index (κ2) is 17.9. The van der Waals surface area contributed by atoms with E-state index in [2.05, 4.69) is 30.4 Å². The van der Waals surface area contributed by atoms with Crippen LogP contribution < -0.4 is 21.3 Å². The molecule has 3 atom stereocenters. The van der Waals surface area contributed by atoms with E-state index in [0.29, 0.717) is 49.2 Å². The Morgan fingerprint density at radius 1 is 0.784 bits per heavy atom. The Balaban J connectivity index is 0.992. The van der Waals surface area contributed by atoms with Gasteiger partial charge in [-0.2, -0.15) is 0 Å². The first-order valence-electron chi connectivity index (χ1n) is 17.7. The molecule has 4 aromatic rings. The standard InChI is InChI=1S/C39H47N7O5/c40-33-7-4-5-8-34(33)44-37(49)10-3-1-2-9-36(48)43-31-17-15-30(16-18-31)38-50-32(25-35(51-38)29-13-11-28(27-47)12-14-29)26-45-21-23-46(24-22-45)39-41-19-6-20-42-39/h4-8,11-20,32,35,38,47H,1-3,9-10,21-27,40H2,(H,43,48)(H,44,49). The molecule has 1 aromatic heterocycles. The van der Waals surface area contributed by atoms with Crippen LogP contribution in [0.4, 0.5) is 23.0 Å². The van der Waals surface area contributed by atoms with Gasteiger partial charge in [0.15, 0.2) is 6.29 Å². The Morgan fingerprint density at radius 2 is 1.45 bits per heavy atom. The number of amides is 2. The molecule has 5 N–H and O–H groups in total. The number of carbonyl (C=O) groups excluding carboxylic acids is 2. The number of ether oxygens (including phenoxy) is 2. The highest BCUT2D eigenvalue weighted by Crippen LogP contribution is 2.38. The number of nitrogens with one attached hydrogen (secondary N) is 2. The summed E-state index contributed by atoms with van der Waals surface area (Å²) in [6.07, 6.45) is 6.32. The molecule has 0 bridgehead atoms. The van der Waals surface area contributed by atoms with Crippen molar-refractivity contribution in [3.8, 4) is 0 Å². The van der Waals surface area contributed by atoms with Crippen LogP contribution in [0.15, 0.2) is 91.3 Å². The van der Waals surface area contributed by atoms with Crippen LogP contribution in [0.3, 0.4) is 0 Å². The van der Waals surface area contributed by atoms with Crippen molar-refractivity contribution in [3.63, 3.8) is 0 Å². The number of carbonyl (C=O) groups is 2. The number of nitrogens with two attached hydrogens (primary N) is 1. The molecule has 3 aromatic carbocycles. The molecule has 2 aliphatic heterocycles. The molecule has 2 fully saturated rings. The molecule has 12 nitrogen and oxygen atoms in total. The number of para-hydroxylation sites is 2. The number of anilines is 4. The topological polar surface area (TPSA) is 155 Å². The number of aliphatic hydroxyl groups excluding tert-OH is 1. The highest BCUT2D eigenvalue weighted by Gasteiger charge is 2.34. The van der Waals surface area contributed by atoms with Crippen LogP contribution >= 0.6 is 0 Å². The number of benzene rings is 3. The maximum atomic E-state index is 12.7. The van der Waals surface area contributed by atoms with E-state index >= 15 is 0 Å². The Labute approximate surface area is 299 Å². The van der Waals surface area contributed by atoms with Crippen molar-refractivity contribution >= 4 is 34.8 Å². The van der Waals surface area contributed by atoms with Crippen molar-refractivity contribution in [2.75, 3.05) is 54.0 Å². The van der Waals surface area contributed by atoms with E-state index in [9.17, 15) is 14.7 Å². The van der Waals surface area contributed by atoms with Crippen LogP contribution in [0.5, 0.6) is 0 Å². The SMILES string of the molecule is Nc1ccccc1NC(=O)CCCCCC(=O)Nc1ccc(C2OC(CN3CCN(c4ncccn4)CC3)CC(c3ccc(CO)cc3)O2)cc1. The number of aromatic nitrogens is 2. The molecule has 2 saturated heterocycles. The van der Waals surface area contributed by atoms with Crippen molar-refractivity contribution in [2.24, 2.45) is 0 Å². The van der Waals surface area contributed by atoms with Crippen LogP contribution in [-0.4, -0.2) is 70.6 Å². The molecule has 2 amide bonds. The summed E-state index contributed by atoms with van der Waals surface area (Å²) >= 11 is 0. The first-order valence-corrected chi connectivity index (χ1v) is 17.7. The molecule has 0 radical (unpaired) electrons. The summed E-state index contributed by atoms with van der Waals surface area (Å²) in [4.78, 5) is 38.4. The number of nitrogens with zero attached hydrogens (tertiary/aromatic N) is 4. The van der Waals surface area contributed by atoms with Gasteiger partial charge in [-0.15, -0.1) is 0 Å². The summed E-state index contributed by atoms with van der Waals surface area (Å²) in [5.41, 5.74) is 10.5. The number of nitrogen functional groups attached to an aromatic ring is 1. The largest absolute Gasteiger partial charge is 0.397 e. The summed E-state index contributed by atoms with van der Waals surface area (Å²) in [5, 5.41) is 15.4. The lowest BCUT2D eigenvalue weighted by atomic mass is 9.99. The Bertz CT molecular complexity index is 1700. The molecule has 6 rings (SSSR count). The highest BCUT2D eigenvalue weighted by molar-refractivity contribution is 5.93. The van der Waals surface area contributed by atoms with Crippen LogP contribution in [-0.2, 0) is 25.7 Å². The predicted octanol–water partition coefficient (Wildman–Crippen LogP) is 5.45. The van der Waals surface area contributed by atoms with Gasteiger partial charge in [0.05, 0.1) is 30.2 Å². The molecular weight excluding hydrogens is 646 g/mol. The fraction of sp³-hybridized carbons (Fsp3) is 0.385. The Morgan fingerprint density at radius 3 is 2.14 bits per heavy atom. The van der Waals surface area contributed by atoms with E-state index in [0.717, 1.165) is 61.8 Å². The maximum absolute atomic E-state index is 12.7. The highest BCUT2D eigenvalue weighted by atomic mass is 16.7. The van der Waals surface area contributed by atoms with Crippen LogP contribution in [0.2, 0.25) is 0 Å². The van der Waals surface area contributed by atoms with Gasteiger partial charge in [-0.05, 0) is 54.3 Å². The lowest BCUT2D eigenvalue weighted by Gasteiger charge is -2.40. The van der Waals surface area contributed by atoms with Crippen molar-refractivity contribution in [1.29, 1.82) is 0 Å². The summed E-state index contributed by atoms with van der Waals surface area (Å²) in [7, 11) is 0. The minimum Gasteiger partial charge on any atom is -0.397 e. The van der Waals surface area contributed by atoms with E-state index < -0.39 is 6.29 Å². The van der Waals surface area contributed by atoms with E-state index in [1.54, 1.807) is 24.5 Å². The second-order valence-corrected chi connectivity index (χ2v) is 13.1. The monoisotopic (exact) mass is 693 g/mol. The zero-order chi connectivity index (χ0) is 35.4. The zero-order valence-electron chi connectivity index (χ0n) is 28.8. The normalized spacial score (nSPS) is 19.4. The molecule has 0 saturated carbocycles. The minimum absolute atomic E-state index is 0.00672. The number of hydrogen-bond donors (Lipinski definition) is 4. The molecule has 3 heterocycles. The number of unbranched alkanes of at least 4 members (excludes halogenated alkanes) is 2. The first-order chi connectivity index (χ1) is 24.9. The van der Waals surface area contributed by atoms with Gasteiger partial charge in [0, 0.05) is 75.6 Å². The van der Waals surface area contributed by atoms with E-state index in [1.807, 2.05) is 66.7 Å². The van der Waals surface area contributed by atoms with Crippen molar-refractivity contribution in [3.05, 3.63) is 108 Å². The third-order valence-corrected chi connectivity index (χ3v) is 9.29. The smallest absolute Gasteiger partial charge is 0.225 e. The fourth-order valence-electron chi connectivity index (χ4n) is 6.42. The number of rotatable bonds is 14. The average Bonchev–Trinajstić information content (AvgIpc) is 3.16. The van der Waals surface area contributed by atoms with E-state index in [1.165, 1.54) is 0 Å². The summed E-state index contributed by atoms with van der Waals surface area (Å²) in [5.74, 6) is 0.607. The van der Waals surface area contributed by atoms with Crippen LogP contribution in [0.1, 0.15) is 67.6 Å². The van der Waals surface area contributed by atoms with Gasteiger partial charge in [0.2, 0.25) is 17.8 Å². The van der Waals surface area contributed by atoms with Crippen LogP contribution in [0, 0.1) is 0 Å². The first kappa shape index (κ1) is 35.9. The van der Waals surface area contributed by atoms with Gasteiger partial charge in [0.1, 0.15) is 0 Å². The summed E-state index contributed by atoms with van der Waals surface area (Å²) in [6, 6.07) is 24.5. The lowest BCUT2D eigenvalue weighted by molar-refractivity contribution is -0.253. The minimum atomic E-state index is -0.578. The predicted molar refractivity (Wildman–Crippen MR) is 197 cm³/mol. The third-order valence-electron chi connectivity index (χ3n) is 9.29. The van der Waals surface area contributed by atoms with E-state index in [-0.39, 0.29) is 30.6 Å². The van der Waals surface area contributed by atoms with Gasteiger partial charge >= 0.3 is 0 Å². The lowest BCUT2D eigenvalue weighted by Crippen LogP contribution is -2.50. The molecule has 0 aliphatic carbocycles. The van der Waals surface area contributed by atoms with Gasteiger partial charge in [-0.25, -0.2) is 9.97 Å². The average molecular weight is 694 g/mol. The number of piperazine rings is 1. The molecule has 0 spiro atoms. The summed E-state index contributed by atoms with van der Waals surface area (Å²) < 4.78 is 13.1. The Hall–Kier alpha value is -4.88. The van der Waals surface area contributed by atoms with Gasteiger partial charge in [-0.3, -0.25) is 14.5 Å². The third kappa shape index (κ3) is 10.3. The second-order valence-electron chi connectivity index (χ2n) is 13.1. The molecule has 12 heteroatoms. The van der Waals surface area contributed by atoms with Crippen LogP contribution in [0.25, 0.3) is 0 Å². The summed E-state index contributed by atoms with van der Waals surface area (Å²) in [6.45, 7) is 4.22. The molecule has 3 unspecified atom stereocenters. The van der Waals surface area contributed by atoms with Gasteiger partial charge in [-0.1, -0.05) is 55.0 Å². The van der Waals surface area contributed by atoms with Crippen molar-refractivity contribution in [2.45, 2.75) is 63.6 Å². The van der Waals surface area contributed by atoms with Crippen molar-refractivity contribution in [1.82, 2.24) is 14.9 Å². The maximum Gasteiger partial charge on any atom is 0.225 e. The van der Waals surface area contributed by atoms with E-state index in [4.69, 9.17) is 15.2 Å². The molecule has 2 aliphatic rings. The molecule has 268 valence electrons. The number of aliphatic hydroxyl groups is 1. The fourth-order valence-corrected chi connectivity index (χ4v) is 6.42. The quantitative estimate of drug-likeness (QED) is 0.0991. The zero-order valence-corrected chi connectivity index (χ0v) is 28.8. The van der Waals surface area contributed by atoms with Gasteiger partial charge in [0.25, 0.3) is 0 Å². The Kier molecular flexibility index (Phi) is 12.6. The number of hydrogen-bond acceptors (Lipinski definition) is 10.